The molecule has 1 saturated heterocycles. The molecule has 0 amide bonds. The SMILES string of the molecule is CN1CCN(Cc2ccc(-c3cnc(N)c(-c4nn(Cc5ccccc5)cc4-c4cccc(Cl)c4Cl)c3)cc2)CC1. The van der Waals surface area contributed by atoms with Crippen molar-refractivity contribution in [1.29, 1.82) is 0 Å². The number of nitrogens with two attached hydrogens (primary N) is 1. The number of hydrogen-bond donors (Lipinski definition) is 1. The maximum absolute atomic E-state index is 6.69. The number of pyridine rings is 1. The van der Waals surface area contributed by atoms with Crippen molar-refractivity contribution in [3.8, 4) is 33.5 Å². The lowest BCUT2D eigenvalue weighted by molar-refractivity contribution is 0.148. The lowest BCUT2D eigenvalue weighted by Gasteiger charge is -2.32. The van der Waals surface area contributed by atoms with Crippen LogP contribution in [0.3, 0.4) is 0 Å². The molecule has 1 fully saturated rings. The first-order valence-corrected chi connectivity index (χ1v) is 14.5. The molecule has 41 heavy (non-hydrogen) atoms. The Balaban J connectivity index is 1.35. The highest BCUT2D eigenvalue weighted by atomic mass is 35.5. The van der Waals surface area contributed by atoms with Crippen LogP contribution < -0.4 is 5.73 Å². The number of aromatic nitrogens is 3. The van der Waals surface area contributed by atoms with Crippen LogP contribution in [0.2, 0.25) is 10.0 Å². The molecule has 0 aliphatic carbocycles. The van der Waals surface area contributed by atoms with Crippen LogP contribution in [-0.4, -0.2) is 57.8 Å². The van der Waals surface area contributed by atoms with E-state index in [2.05, 4.69) is 64.3 Å². The summed E-state index contributed by atoms with van der Waals surface area (Å²) < 4.78 is 1.91. The van der Waals surface area contributed by atoms with Gasteiger partial charge in [-0.1, -0.05) is 89.9 Å². The summed E-state index contributed by atoms with van der Waals surface area (Å²) in [6.07, 6.45) is 3.82. The molecule has 1 aliphatic heterocycles. The normalized spacial score (nSPS) is 14.4. The molecule has 0 saturated carbocycles. The Hall–Kier alpha value is -3.68. The summed E-state index contributed by atoms with van der Waals surface area (Å²) in [5, 5.41) is 5.96. The maximum atomic E-state index is 6.69. The molecule has 3 aromatic carbocycles. The van der Waals surface area contributed by atoms with Gasteiger partial charge in [-0.15, -0.1) is 0 Å². The molecule has 6 rings (SSSR count). The van der Waals surface area contributed by atoms with Crippen LogP contribution in [0.1, 0.15) is 11.1 Å². The lowest BCUT2D eigenvalue weighted by atomic mass is 9.99. The van der Waals surface area contributed by atoms with E-state index in [0.29, 0.717) is 28.1 Å². The summed E-state index contributed by atoms with van der Waals surface area (Å²) in [6, 6.07) is 26.6. The standard InChI is InChI=1S/C33H32Cl2N6/c1-39-14-16-40(17-15-39)20-24-10-12-25(13-11-24)26-18-28(33(36)37-19-26)32-29(27-8-5-9-30(34)31(27)35)22-41(38-32)21-23-6-3-2-4-7-23/h2-13,18-19,22H,14-17,20-21H2,1H3,(H2,36,37). The summed E-state index contributed by atoms with van der Waals surface area (Å²) in [5.74, 6) is 0.407. The highest BCUT2D eigenvalue weighted by Gasteiger charge is 2.20. The molecule has 0 bridgehead atoms. The fraction of sp³-hybridized carbons (Fsp3) is 0.212. The van der Waals surface area contributed by atoms with Crippen molar-refractivity contribution in [2.75, 3.05) is 39.0 Å². The number of rotatable bonds is 7. The van der Waals surface area contributed by atoms with Crippen molar-refractivity contribution in [1.82, 2.24) is 24.6 Å². The van der Waals surface area contributed by atoms with Gasteiger partial charge in [0.25, 0.3) is 0 Å². The largest absolute Gasteiger partial charge is 0.383 e. The summed E-state index contributed by atoms with van der Waals surface area (Å²) in [6.45, 7) is 5.98. The monoisotopic (exact) mass is 582 g/mol. The Kier molecular flexibility index (Phi) is 8.08. The van der Waals surface area contributed by atoms with E-state index in [-0.39, 0.29) is 0 Å². The van der Waals surface area contributed by atoms with Crippen LogP contribution >= 0.6 is 23.2 Å². The van der Waals surface area contributed by atoms with Crippen LogP contribution in [0.15, 0.2) is 91.3 Å². The van der Waals surface area contributed by atoms with Crippen molar-refractivity contribution in [3.05, 3.63) is 112 Å². The van der Waals surface area contributed by atoms with E-state index in [0.717, 1.165) is 66.1 Å². The third-order valence-electron chi connectivity index (χ3n) is 7.65. The number of anilines is 1. The Morgan fingerprint density at radius 3 is 2.24 bits per heavy atom. The third kappa shape index (κ3) is 6.16. The van der Waals surface area contributed by atoms with Gasteiger partial charge in [0, 0.05) is 67.4 Å². The average Bonchev–Trinajstić information content (AvgIpc) is 3.40. The Labute approximate surface area is 251 Å². The highest BCUT2D eigenvalue weighted by molar-refractivity contribution is 6.43. The van der Waals surface area contributed by atoms with Gasteiger partial charge >= 0.3 is 0 Å². The molecule has 208 valence electrons. The fourth-order valence-corrected chi connectivity index (χ4v) is 5.67. The van der Waals surface area contributed by atoms with E-state index in [1.807, 2.05) is 47.4 Å². The number of halogens is 2. The van der Waals surface area contributed by atoms with Crippen molar-refractivity contribution in [2.24, 2.45) is 0 Å². The number of benzene rings is 3. The smallest absolute Gasteiger partial charge is 0.132 e. The van der Waals surface area contributed by atoms with Gasteiger partial charge in [0.2, 0.25) is 0 Å². The van der Waals surface area contributed by atoms with Crippen molar-refractivity contribution in [3.63, 3.8) is 0 Å². The van der Waals surface area contributed by atoms with E-state index in [4.69, 9.17) is 34.0 Å². The number of piperazine rings is 1. The Morgan fingerprint density at radius 1 is 0.756 bits per heavy atom. The van der Waals surface area contributed by atoms with Crippen LogP contribution in [0.25, 0.3) is 33.5 Å². The highest BCUT2D eigenvalue weighted by Crippen LogP contribution is 2.40. The zero-order valence-electron chi connectivity index (χ0n) is 23.0. The predicted molar refractivity (Wildman–Crippen MR) is 169 cm³/mol. The minimum absolute atomic E-state index is 0.407. The second kappa shape index (κ2) is 12.0. The van der Waals surface area contributed by atoms with E-state index in [9.17, 15) is 0 Å². The second-order valence-corrected chi connectivity index (χ2v) is 11.4. The molecule has 0 radical (unpaired) electrons. The van der Waals surface area contributed by atoms with Crippen molar-refractivity contribution in [2.45, 2.75) is 13.1 Å². The minimum Gasteiger partial charge on any atom is -0.383 e. The van der Waals surface area contributed by atoms with Gasteiger partial charge in [-0.05, 0) is 35.9 Å². The summed E-state index contributed by atoms with van der Waals surface area (Å²) in [7, 11) is 2.18. The lowest BCUT2D eigenvalue weighted by Crippen LogP contribution is -2.43. The van der Waals surface area contributed by atoms with Crippen LogP contribution in [-0.2, 0) is 13.1 Å². The summed E-state index contributed by atoms with van der Waals surface area (Å²) >= 11 is 13.1. The van der Waals surface area contributed by atoms with E-state index in [1.165, 1.54) is 5.56 Å². The molecule has 0 unspecified atom stereocenters. The first kappa shape index (κ1) is 27.5. The fourth-order valence-electron chi connectivity index (χ4n) is 5.27. The van der Waals surface area contributed by atoms with Gasteiger partial charge in [-0.3, -0.25) is 9.58 Å². The Morgan fingerprint density at radius 2 is 1.49 bits per heavy atom. The molecule has 8 heteroatoms. The minimum atomic E-state index is 0.407. The number of nitrogen functional groups attached to an aromatic ring is 1. The average molecular weight is 584 g/mol. The van der Waals surface area contributed by atoms with E-state index >= 15 is 0 Å². The van der Waals surface area contributed by atoms with Crippen LogP contribution in [0.4, 0.5) is 5.82 Å². The topological polar surface area (TPSA) is 63.2 Å². The van der Waals surface area contributed by atoms with E-state index in [1.54, 1.807) is 6.07 Å². The molecule has 6 nitrogen and oxygen atoms in total. The van der Waals surface area contributed by atoms with Gasteiger partial charge in [-0.2, -0.15) is 5.10 Å². The molecule has 3 heterocycles. The van der Waals surface area contributed by atoms with Gasteiger partial charge < -0.3 is 10.6 Å². The van der Waals surface area contributed by atoms with Gasteiger partial charge in [-0.25, -0.2) is 4.98 Å². The number of likely N-dealkylation sites (N-methyl/N-ethyl adjacent to an activating group) is 1. The van der Waals surface area contributed by atoms with Crippen molar-refractivity contribution >= 4 is 29.0 Å². The molecule has 0 atom stereocenters. The van der Waals surface area contributed by atoms with Crippen LogP contribution in [0.5, 0.6) is 0 Å². The molecule has 2 aromatic heterocycles. The zero-order chi connectivity index (χ0) is 28.3. The first-order chi connectivity index (χ1) is 19.9. The second-order valence-electron chi connectivity index (χ2n) is 10.6. The predicted octanol–water partition coefficient (Wildman–Crippen LogP) is 6.96. The van der Waals surface area contributed by atoms with E-state index < -0.39 is 0 Å². The number of hydrogen-bond acceptors (Lipinski definition) is 5. The van der Waals surface area contributed by atoms with Crippen molar-refractivity contribution < 1.29 is 0 Å². The number of nitrogens with zero attached hydrogens (tertiary/aromatic N) is 5. The maximum Gasteiger partial charge on any atom is 0.132 e. The quantitative estimate of drug-likeness (QED) is 0.224. The summed E-state index contributed by atoms with van der Waals surface area (Å²) in [4.78, 5) is 9.46. The Bertz CT molecular complexity index is 1640. The molecular formula is C33H32Cl2N6. The van der Waals surface area contributed by atoms with Gasteiger partial charge in [0.1, 0.15) is 11.5 Å². The molecule has 5 aromatic rings. The third-order valence-corrected chi connectivity index (χ3v) is 8.47. The van der Waals surface area contributed by atoms with Gasteiger partial charge in [0.15, 0.2) is 0 Å². The molecule has 1 aliphatic rings. The van der Waals surface area contributed by atoms with Crippen LogP contribution in [0, 0.1) is 0 Å². The zero-order valence-corrected chi connectivity index (χ0v) is 24.5. The van der Waals surface area contributed by atoms with Gasteiger partial charge in [0.05, 0.1) is 16.6 Å². The first-order valence-electron chi connectivity index (χ1n) is 13.8. The molecule has 2 N–H and O–H groups in total. The molecular weight excluding hydrogens is 551 g/mol. The summed E-state index contributed by atoms with van der Waals surface area (Å²) in [5.41, 5.74) is 14.1. The molecule has 0 spiro atoms.